The number of benzene rings is 2. The first kappa shape index (κ1) is 16.0. The van der Waals surface area contributed by atoms with Gasteiger partial charge in [0.05, 0.1) is 5.75 Å². The van der Waals surface area contributed by atoms with Crippen LogP contribution in [0.2, 0.25) is 0 Å². The third-order valence-corrected chi connectivity index (χ3v) is 4.26. The predicted octanol–water partition coefficient (Wildman–Crippen LogP) is 2.87. The normalized spacial score (nSPS) is 11.0. The van der Waals surface area contributed by atoms with Gasteiger partial charge in [0, 0.05) is 5.56 Å². The Balaban J connectivity index is 2.07. The van der Waals surface area contributed by atoms with Gasteiger partial charge < -0.3 is 4.74 Å². The van der Waals surface area contributed by atoms with Crippen LogP contribution in [0.1, 0.15) is 22.8 Å². The van der Waals surface area contributed by atoms with E-state index in [-0.39, 0.29) is 11.3 Å². The zero-order chi connectivity index (χ0) is 16.2. The maximum Gasteiger partial charge on any atom is 0.264 e. The standard InChI is InChI=1S/C16H17NO4S/c1-3-22(19,20)17-16(18)13-6-10-15(11-7-13)21-14-8-4-12(2)5-9-14/h4-11H,3H2,1-2H3,(H,17,18). The fourth-order valence-corrected chi connectivity index (χ4v) is 2.23. The van der Waals surface area contributed by atoms with Crippen molar-refractivity contribution in [3.63, 3.8) is 0 Å². The summed E-state index contributed by atoms with van der Waals surface area (Å²) in [7, 11) is -3.56. The molecule has 2 rings (SSSR count). The molecule has 0 fully saturated rings. The molecule has 0 radical (unpaired) electrons. The Kier molecular flexibility index (Phi) is 4.82. The van der Waals surface area contributed by atoms with Crippen LogP contribution in [0, 0.1) is 6.92 Å². The molecule has 116 valence electrons. The number of hydrogen-bond donors (Lipinski definition) is 1. The molecule has 6 heteroatoms. The molecular weight excluding hydrogens is 302 g/mol. The lowest BCUT2D eigenvalue weighted by atomic mass is 10.2. The number of aryl methyl sites for hydroxylation is 1. The summed E-state index contributed by atoms with van der Waals surface area (Å²) >= 11 is 0. The maximum absolute atomic E-state index is 11.8. The molecular formula is C16H17NO4S. The van der Waals surface area contributed by atoms with Crippen LogP contribution < -0.4 is 9.46 Å². The molecule has 5 nitrogen and oxygen atoms in total. The van der Waals surface area contributed by atoms with Crippen molar-refractivity contribution >= 4 is 15.9 Å². The molecule has 22 heavy (non-hydrogen) atoms. The van der Waals surface area contributed by atoms with Gasteiger partial charge in [-0.05, 0) is 50.2 Å². The fourth-order valence-electron chi connectivity index (χ4n) is 1.69. The lowest BCUT2D eigenvalue weighted by Crippen LogP contribution is -2.31. The molecule has 0 bridgehead atoms. The van der Waals surface area contributed by atoms with Gasteiger partial charge in [0.15, 0.2) is 0 Å². The minimum absolute atomic E-state index is 0.145. The van der Waals surface area contributed by atoms with Crippen LogP contribution in [0.5, 0.6) is 11.5 Å². The summed E-state index contributed by atoms with van der Waals surface area (Å²) in [5.74, 6) is 0.465. The molecule has 0 aliphatic heterocycles. The van der Waals surface area contributed by atoms with Crippen LogP contribution in [0.4, 0.5) is 0 Å². The molecule has 0 aromatic heterocycles. The third kappa shape index (κ3) is 4.33. The Labute approximate surface area is 130 Å². The highest BCUT2D eigenvalue weighted by Crippen LogP contribution is 2.22. The van der Waals surface area contributed by atoms with Crippen molar-refractivity contribution in [2.24, 2.45) is 0 Å². The second kappa shape index (κ2) is 6.62. The van der Waals surface area contributed by atoms with E-state index in [2.05, 4.69) is 0 Å². The van der Waals surface area contributed by atoms with E-state index in [1.165, 1.54) is 19.1 Å². The molecule has 0 aliphatic rings. The number of carbonyl (C=O) groups is 1. The van der Waals surface area contributed by atoms with E-state index in [4.69, 9.17) is 4.74 Å². The van der Waals surface area contributed by atoms with Crippen molar-refractivity contribution in [2.75, 3.05) is 5.75 Å². The predicted molar refractivity (Wildman–Crippen MR) is 84.6 cm³/mol. The Morgan fingerprint density at radius 3 is 2.00 bits per heavy atom. The zero-order valence-corrected chi connectivity index (χ0v) is 13.2. The number of amides is 1. The van der Waals surface area contributed by atoms with Crippen LogP contribution in [0.25, 0.3) is 0 Å². The Hall–Kier alpha value is -2.34. The maximum atomic E-state index is 11.8. The van der Waals surface area contributed by atoms with Gasteiger partial charge >= 0.3 is 0 Å². The minimum Gasteiger partial charge on any atom is -0.457 e. The van der Waals surface area contributed by atoms with Crippen molar-refractivity contribution in [1.82, 2.24) is 4.72 Å². The largest absolute Gasteiger partial charge is 0.457 e. The summed E-state index contributed by atoms with van der Waals surface area (Å²) in [4.78, 5) is 11.8. The van der Waals surface area contributed by atoms with Crippen molar-refractivity contribution in [2.45, 2.75) is 13.8 Å². The summed E-state index contributed by atoms with van der Waals surface area (Å²) < 4.78 is 30.4. The molecule has 0 heterocycles. The van der Waals surface area contributed by atoms with Crippen LogP contribution >= 0.6 is 0 Å². The first-order chi connectivity index (χ1) is 10.4. The molecule has 0 saturated carbocycles. The Morgan fingerprint density at radius 2 is 1.50 bits per heavy atom. The van der Waals surface area contributed by atoms with Crippen LogP contribution in [-0.2, 0) is 10.0 Å². The number of nitrogens with one attached hydrogen (secondary N) is 1. The first-order valence-electron chi connectivity index (χ1n) is 6.79. The zero-order valence-electron chi connectivity index (χ0n) is 12.4. The highest BCUT2D eigenvalue weighted by molar-refractivity contribution is 7.90. The van der Waals surface area contributed by atoms with Gasteiger partial charge in [-0.25, -0.2) is 13.1 Å². The number of rotatable bonds is 5. The second-order valence-electron chi connectivity index (χ2n) is 4.77. The minimum atomic E-state index is -3.56. The highest BCUT2D eigenvalue weighted by Gasteiger charge is 2.13. The Morgan fingerprint density at radius 1 is 1.00 bits per heavy atom. The summed E-state index contributed by atoms with van der Waals surface area (Å²) in [6, 6.07) is 13.8. The van der Waals surface area contributed by atoms with E-state index in [9.17, 15) is 13.2 Å². The monoisotopic (exact) mass is 319 g/mol. The molecule has 1 amide bonds. The smallest absolute Gasteiger partial charge is 0.264 e. The lowest BCUT2D eigenvalue weighted by Gasteiger charge is -2.08. The topological polar surface area (TPSA) is 72.5 Å². The van der Waals surface area contributed by atoms with Crippen LogP contribution in [-0.4, -0.2) is 20.1 Å². The fraction of sp³-hybridized carbons (Fsp3) is 0.188. The van der Waals surface area contributed by atoms with E-state index < -0.39 is 15.9 Å². The van der Waals surface area contributed by atoms with Crippen molar-refractivity contribution in [3.05, 3.63) is 59.7 Å². The van der Waals surface area contributed by atoms with Gasteiger partial charge in [-0.3, -0.25) is 4.79 Å². The second-order valence-corrected chi connectivity index (χ2v) is 6.79. The molecule has 0 saturated heterocycles. The average molecular weight is 319 g/mol. The van der Waals surface area contributed by atoms with Crippen molar-refractivity contribution < 1.29 is 17.9 Å². The van der Waals surface area contributed by atoms with E-state index in [0.29, 0.717) is 11.5 Å². The molecule has 1 N–H and O–H groups in total. The average Bonchev–Trinajstić information content (AvgIpc) is 2.50. The van der Waals surface area contributed by atoms with Crippen LogP contribution in [0.15, 0.2) is 48.5 Å². The molecule has 2 aromatic carbocycles. The summed E-state index contributed by atoms with van der Waals surface area (Å²) in [5, 5.41) is 0. The molecule has 0 aliphatic carbocycles. The molecule has 0 spiro atoms. The molecule has 2 aromatic rings. The van der Waals surface area contributed by atoms with Gasteiger partial charge in [0.1, 0.15) is 11.5 Å². The van der Waals surface area contributed by atoms with E-state index in [0.717, 1.165) is 5.56 Å². The Bertz CT molecular complexity index is 750. The number of ether oxygens (including phenoxy) is 1. The van der Waals surface area contributed by atoms with Gasteiger partial charge in [0.25, 0.3) is 5.91 Å². The first-order valence-corrected chi connectivity index (χ1v) is 8.44. The van der Waals surface area contributed by atoms with Crippen LogP contribution in [0.3, 0.4) is 0 Å². The lowest BCUT2D eigenvalue weighted by molar-refractivity contribution is 0.0981. The highest BCUT2D eigenvalue weighted by atomic mass is 32.2. The van der Waals surface area contributed by atoms with Gasteiger partial charge in [-0.1, -0.05) is 17.7 Å². The summed E-state index contributed by atoms with van der Waals surface area (Å²) in [6.07, 6.45) is 0. The van der Waals surface area contributed by atoms with Gasteiger partial charge in [-0.15, -0.1) is 0 Å². The quantitative estimate of drug-likeness (QED) is 0.920. The molecule has 0 unspecified atom stereocenters. The van der Waals surface area contributed by atoms with Crippen molar-refractivity contribution in [3.8, 4) is 11.5 Å². The number of sulfonamides is 1. The summed E-state index contributed by atoms with van der Waals surface area (Å²) in [5.41, 5.74) is 1.39. The molecule has 0 atom stereocenters. The number of carbonyl (C=O) groups excluding carboxylic acids is 1. The third-order valence-electron chi connectivity index (χ3n) is 3.00. The SMILES string of the molecule is CCS(=O)(=O)NC(=O)c1ccc(Oc2ccc(C)cc2)cc1. The van der Waals surface area contributed by atoms with E-state index in [1.54, 1.807) is 12.1 Å². The summed E-state index contributed by atoms with van der Waals surface area (Å²) in [6.45, 7) is 3.45. The van der Waals surface area contributed by atoms with E-state index >= 15 is 0 Å². The van der Waals surface area contributed by atoms with Gasteiger partial charge in [0.2, 0.25) is 10.0 Å². The van der Waals surface area contributed by atoms with Crippen molar-refractivity contribution in [1.29, 1.82) is 0 Å². The van der Waals surface area contributed by atoms with E-state index in [1.807, 2.05) is 35.9 Å². The number of hydrogen-bond acceptors (Lipinski definition) is 4. The van der Waals surface area contributed by atoms with Gasteiger partial charge in [-0.2, -0.15) is 0 Å².